The predicted molar refractivity (Wildman–Crippen MR) is 94.2 cm³/mol. The minimum atomic E-state index is 0.0433. The van der Waals surface area contributed by atoms with Gasteiger partial charge in [-0.05, 0) is 54.5 Å². The van der Waals surface area contributed by atoms with Crippen molar-refractivity contribution in [1.29, 1.82) is 0 Å². The molecule has 4 heteroatoms. The largest absolute Gasteiger partial charge is 0.462 e. The van der Waals surface area contributed by atoms with Crippen molar-refractivity contribution in [3.63, 3.8) is 0 Å². The Bertz CT molecular complexity index is 676. The zero-order valence-electron chi connectivity index (χ0n) is 12.7. The Hall–Kier alpha value is -1.04. The number of fused-ring (bicyclic) bond motifs is 1. The fraction of sp³-hybridized carbons (Fsp3) is 0.471. The molecule has 0 aliphatic carbocycles. The Balaban J connectivity index is 2.58. The molecule has 1 aromatic heterocycles. The normalized spacial score (nSPS) is 12.6. The van der Waals surface area contributed by atoms with E-state index in [9.17, 15) is 4.79 Å². The van der Waals surface area contributed by atoms with Crippen LogP contribution in [-0.4, -0.2) is 6.10 Å². The molecule has 0 saturated carbocycles. The first-order chi connectivity index (χ1) is 10.1. The van der Waals surface area contributed by atoms with Crippen molar-refractivity contribution in [1.82, 2.24) is 0 Å². The lowest BCUT2D eigenvalue weighted by atomic mass is 10.1. The molecule has 21 heavy (non-hydrogen) atoms. The molecular formula is C17H21IO3. The number of hydrogen-bond donors (Lipinski definition) is 0. The number of rotatable bonds is 6. The molecule has 2 rings (SSSR count). The van der Waals surface area contributed by atoms with Crippen LogP contribution in [0.3, 0.4) is 0 Å². The van der Waals surface area contributed by atoms with E-state index in [1.165, 1.54) is 0 Å². The zero-order chi connectivity index (χ0) is 15.4. The van der Waals surface area contributed by atoms with Crippen molar-refractivity contribution in [3.05, 3.63) is 37.6 Å². The molecule has 1 heterocycles. The molecule has 0 amide bonds. The SMILES string of the molecule is CCCc1c(OC(C)CCC)oc2cccc(I)c2c1=O. The van der Waals surface area contributed by atoms with E-state index in [1.54, 1.807) is 0 Å². The summed E-state index contributed by atoms with van der Waals surface area (Å²) < 4.78 is 12.7. The summed E-state index contributed by atoms with van der Waals surface area (Å²) in [4.78, 5) is 12.8. The standard InChI is InChI=1S/C17H21IO3/c1-4-7-11(3)20-17-12(8-5-2)16(19)15-13(18)9-6-10-14(15)21-17/h6,9-11H,4-5,7-8H2,1-3H3. The molecule has 1 atom stereocenters. The Morgan fingerprint density at radius 3 is 2.71 bits per heavy atom. The molecule has 3 nitrogen and oxygen atoms in total. The van der Waals surface area contributed by atoms with Gasteiger partial charge in [0.15, 0.2) is 0 Å². The molecule has 0 fully saturated rings. The first kappa shape index (κ1) is 16.3. The highest BCUT2D eigenvalue weighted by Crippen LogP contribution is 2.27. The molecular weight excluding hydrogens is 379 g/mol. The second-order valence-electron chi connectivity index (χ2n) is 5.28. The van der Waals surface area contributed by atoms with E-state index in [0.29, 0.717) is 28.9 Å². The third-order valence-electron chi connectivity index (χ3n) is 3.43. The van der Waals surface area contributed by atoms with E-state index >= 15 is 0 Å². The summed E-state index contributed by atoms with van der Waals surface area (Å²) in [6.45, 7) is 6.18. The molecule has 1 unspecified atom stereocenters. The topological polar surface area (TPSA) is 39.4 Å². The summed E-state index contributed by atoms with van der Waals surface area (Å²) in [6.07, 6.45) is 3.60. The van der Waals surface area contributed by atoms with E-state index in [1.807, 2.05) is 25.1 Å². The van der Waals surface area contributed by atoms with Crippen molar-refractivity contribution < 1.29 is 9.15 Å². The molecule has 114 valence electrons. The van der Waals surface area contributed by atoms with Crippen LogP contribution in [0, 0.1) is 3.57 Å². The number of benzene rings is 1. The lowest BCUT2D eigenvalue weighted by molar-refractivity contribution is 0.161. The van der Waals surface area contributed by atoms with E-state index in [0.717, 1.165) is 22.8 Å². The summed E-state index contributed by atoms with van der Waals surface area (Å²) in [5, 5.41) is 0.664. The monoisotopic (exact) mass is 400 g/mol. The number of hydrogen-bond acceptors (Lipinski definition) is 3. The van der Waals surface area contributed by atoms with Crippen LogP contribution in [0.25, 0.3) is 11.0 Å². The smallest absolute Gasteiger partial charge is 0.292 e. The summed E-state index contributed by atoms with van der Waals surface area (Å²) in [6, 6.07) is 5.65. The van der Waals surface area contributed by atoms with Gasteiger partial charge in [0.2, 0.25) is 5.43 Å². The predicted octanol–water partition coefficient (Wildman–Crippen LogP) is 4.92. The molecule has 0 aliphatic heterocycles. The summed E-state index contributed by atoms with van der Waals surface area (Å²) >= 11 is 2.18. The summed E-state index contributed by atoms with van der Waals surface area (Å²) in [5.41, 5.74) is 1.31. The molecule has 0 N–H and O–H groups in total. The van der Waals surface area contributed by atoms with Crippen LogP contribution in [0.1, 0.15) is 45.6 Å². The van der Waals surface area contributed by atoms with Gasteiger partial charge in [-0.2, -0.15) is 0 Å². The van der Waals surface area contributed by atoms with Crippen molar-refractivity contribution in [3.8, 4) is 5.95 Å². The van der Waals surface area contributed by atoms with E-state index in [2.05, 4.69) is 36.4 Å². The first-order valence-corrected chi connectivity index (χ1v) is 8.57. The zero-order valence-corrected chi connectivity index (χ0v) is 14.9. The van der Waals surface area contributed by atoms with E-state index in [-0.39, 0.29) is 11.5 Å². The van der Waals surface area contributed by atoms with Gasteiger partial charge in [0.25, 0.3) is 5.95 Å². The maximum Gasteiger partial charge on any atom is 0.292 e. The maximum absolute atomic E-state index is 12.8. The van der Waals surface area contributed by atoms with Crippen LogP contribution in [0.5, 0.6) is 5.95 Å². The number of halogens is 1. The Morgan fingerprint density at radius 2 is 2.05 bits per heavy atom. The van der Waals surface area contributed by atoms with Gasteiger partial charge in [-0.3, -0.25) is 4.79 Å². The third kappa shape index (κ3) is 3.59. The van der Waals surface area contributed by atoms with Crippen molar-refractivity contribution in [2.75, 3.05) is 0 Å². The van der Waals surface area contributed by atoms with Gasteiger partial charge in [0.05, 0.1) is 17.1 Å². The quantitative estimate of drug-likeness (QED) is 0.647. The van der Waals surface area contributed by atoms with Crippen molar-refractivity contribution >= 4 is 33.6 Å². The second-order valence-corrected chi connectivity index (χ2v) is 6.44. The van der Waals surface area contributed by atoms with Crippen LogP contribution in [0.15, 0.2) is 27.4 Å². The van der Waals surface area contributed by atoms with Crippen LogP contribution in [0.2, 0.25) is 0 Å². The summed E-state index contributed by atoms with van der Waals surface area (Å²) in [7, 11) is 0. The van der Waals surface area contributed by atoms with Gasteiger partial charge in [-0.1, -0.05) is 32.8 Å². The van der Waals surface area contributed by atoms with Crippen molar-refractivity contribution in [2.45, 2.75) is 52.6 Å². The van der Waals surface area contributed by atoms with Crippen LogP contribution >= 0.6 is 22.6 Å². The number of ether oxygens (including phenoxy) is 1. The Labute approximate surface area is 138 Å². The first-order valence-electron chi connectivity index (χ1n) is 7.49. The molecule has 0 spiro atoms. The highest BCUT2D eigenvalue weighted by molar-refractivity contribution is 14.1. The second kappa shape index (κ2) is 7.29. The molecule has 0 radical (unpaired) electrons. The van der Waals surface area contributed by atoms with Crippen LogP contribution in [0.4, 0.5) is 0 Å². The molecule has 2 aromatic rings. The Kier molecular flexibility index (Phi) is 5.67. The fourth-order valence-electron chi connectivity index (χ4n) is 2.42. The van der Waals surface area contributed by atoms with Crippen LogP contribution in [-0.2, 0) is 6.42 Å². The Morgan fingerprint density at radius 1 is 1.29 bits per heavy atom. The van der Waals surface area contributed by atoms with Gasteiger partial charge < -0.3 is 9.15 Å². The third-order valence-corrected chi connectivity index (χ3v) is 4.33. The average molecular weight is 400 g/mol. The fourth-order valence-corrected chi connectivity index (χ4v) is 3.14. The molecule has 1 aromatic carbocycles. The average Bonchev–Trinajstić information content (AvgIpc) is 2.43. The molecule has 0 aliphatic rings. The molecule has 0 saturated heterocycles. The summed E-state index contributed by atoms with van der Waals surface area (Å²) in [5.74, 6) is 0.400. The van der Waals surface area contributed by atoms with Crippen molar-refractivity contribution in [2.24, 2.45) is 0 Å². The van der Waals surface area contributed by atoms with E-state index in [4.69, 9.17) is 9.15 Å². The lowest BCUT2D eigenvalue weighted by Gasteiger charge is -2.16. The lowest BCUT2D eigenvalue weighted by Crippen LogP contribution is -2.17. The van der Waals surface area contributed by atoms with Gasteiger partial charge in [-0.25, -0.2) is 0 Å². The van der Waals surface area contributed by atoms with E-state index < -0.39 is 0 Å². The van der Waals surface area contributed by atoms with Gasteiger partial charge in [0.1, 0.15) is 5.58 Å². The molecule has 0 bridgehead atoms. The minimum Gasteiger partial charge on any atom is -0.462 e. The maximum atomic E-state index is 12.8. The van der Waals surface area contributed by atoms with Crippen LogP contribution < -0.4 is 10.2 Å². The highest BCUT2D eigenvalue weighted by atomic mass is 127. The van der Waals surface area contributed by atoms with Gasteiger partial charge >= 0.3 is 0 Å². The van der Waals surface area contributed by atoms with Gasteiger partial charge in [0, 0.05) is 3.57 Å². The highest BCUT2D eigenvalue weighted by Gasteiger charge is 2.18. The minimum absolute atomic E-state index is 0.0433. The van der Waals surface area contributed by atoms with Gasteiger partial charge in [-0.15, -0.1) is 0 Å².